The van der Waals surface area contributed by atoms with Crippen LogP contribution in [0.3, 0.4) is 0 Å². The number of rotatable bonds is 5. The molecule has 2 saturated heterocycles. The Labute approximate surface area is 174 Å². The SMILES string of the molecule is CC(c1cccc(NC(=O)C2(CN)CCOCC2)c1)N1CCOCC1.Cl.Cl. The highest BCUT2D eigenvalue weighted by Crippen LogP contribution is 2.31. The molecule has 1 unspecified atom stereocenters. The predicted octanol–water partition coefficient (Wildman–Crippen LogP) is 2.62. The molecule has 2 fully saturated rings. The fourth-order valence-electron chi connectivity index (χ4n) is 3.60. The van der Waals surface area contributed by atoms with Crippen LogP contribution in [0.25, 0.3) is 0 Å². The van der Waals surface area contributed by atoms with Crippen LogP contribution in [0, 0.1) is 5.41 Å². The van der Waals surface area contributed by atoms with Gasteiger partial charge in [-0.15, -0.1) is 24.8 Å². The largest absolute Gasteiger partial charge is 0.381 e. The molecule has 154 valence electrons. The summed E-state index contributed by atoms with van der Waals surface area (Å²) in [5, 5.41) is 3.08. The van der Waals surface area contributed by atoms with E-state index in [2.05, 4.69) is 29.3 Å². The van der Waals surface area contributed by atoms with E-state index >= 15 is 0 Å². The van der Waals surface area contributed by atoms with Crippen LogP contribution in [-0.2, 0) is 14.3 Å². The first kappa shape index (κ1) is 24.1. The van der Waals surface area contributed by atoms with Gasteiger partial charge in [-0.2, -0.15) is 0 Å². The second-order valence-corrected chi connectivity index (χ2v) is 7.00. The van der Waals surface area contributed by atoms with Gasteiger partial charge >= 0.3 is 0 Å². The molecule has 1 aromatic rings. The van der Waals surface area contributed by atoms with E-state index in [9.17, 15) is 4.79 Å². The zero-order valence-corrected chi connectivity index (χ0v) is 17.4. The molecule has 27 heavy (non-hydrogen) atoms. The summed E-state index contributed by atoms with van der Waals surface area (Å²) in [6.45, 7) is 7.18. The maximum absolute atomic E-state index is 12.8. The fourth-order valence-corrected chi connectivity index (χ4v) is 3.60. The molecule has 2 aliphatic rings. The molecular formula is C19H31Cl2N3O3. The molecule has 1 amide bonds. The van der Waals surface area contributed by atoms with Crippen LogP contribution >= 0.6 is 24.8 Å². The van der Waals surface area contributed by atoms with Gasteiger partial charge in [-0.25, -0.2) is 0 Å². The zero-order chi connectivity index (χ0) is 17.7. The van der Waals surface area contributed by atoms with Gasteiger partial charge in [0.2, 0.25) is 5.91 Å². The van der Waals surface area contributed by atoms with Crippen molar-refractivity contribution in [3.05, 3.63) is 29.8 Å². The number of nitrogens with one attached hydrogen (secondary N) is 1. The summed E-state index contributed by atoms with van der Waals surface area (Å²) in [5.74, 6) is 0.00877. The minimum atomic E-state index is -0.510. The second-order valence-electron chi connectivity index (χ2n) is 7.00. The van der Waals surface area contributed by atoms with Gasteiger partial charge in [0.1, 0.15) is 0 Å². The van der Waals surface area contributed by atoms with Crippen LogP contribution < -0.4 is 11.1 Å². The lowest BCUT2D eigenvalue weighted by Crippen LogP contribution is -2.46. The lowest BCUT2D eigenvalue weighted by Gasteiger charge is -2.35. The molecule has 0 spiro atoms. The first-order valence-corrected chi connectivity index (χ1v) is 9.16. The third kappa shape index (κ3) is 5.79. The third-order valence-corrected chi connectivity index (χ3v) is 5.54. The van der Waals surface area contributed by atoms with E-state index in [1.165, 1.54) is 5.56 Å². The van der Waals surface area contributed by atoms with Gasteiger partial charge in [-0.1, -0.05) is 12.1 Å². The van der Waals surface area contributed by atoms with E-state index in [0.29, 0.717) is 38.6 Å². The Bertz CT molecular complexity index is 591. The Kier molecular flexibility index (Phi) is 10.0. The van der Waals surface area contributed by atoms with Gasteiger partial charge in [0.25, 0.3) is 0 Å². The quantitative estimate of drug-likeness (QED) is 0.766. The van der Waals surface area contributed by atoms with Gasteiger partial charge in [-0.3, -0.25) is 9.69 Å². The van der Waals surface area contributed by atoms with Gasteiger partial charge in [-0.05, 0) is 37.5 Å². The second kappa shape index (κ2) is 11.2. The summed E-state index contributed by atoms with van der Waals surface area (Å²) in [6, 6.07) is 8.43. The number of hydrogen-bond donors (Lipinski definition) is 2. The predicted molar refractivity (Wildman–Crippen MR) is 112 cm³/mol. The summed E-state index contributed by atoms with van der Waals surface area (Å²) >= 11 is 0. The Balaban J connectivity index is 0.00000182. The highest BCUT2D eigenvalue weighted by atomic mass is 35.5. The number of carbonyl (C=O) groups is 1. The van der Waals surface area contributed by atoms with Crippen molar-refractivity contribution in [1.82, 2.24) is 4.90 Å². The molecule has 0 radical (unpaired) electrons. The van der Waals surface area contributed by atoms with Crippen molar-refractivity contribution in [1.29, 1.82) is 0 Å². The number of anilines is 1. The highest BCUT2D eigenvalue weighted by Gasteiger charge is 2.38. The highest BCUT2D eigenvalue weighted by molar-refractivity contribution is 5.95. The first-order chi connectivity index (χ1) is 12.1. The molecular weight excluding hydrogens is 389 g/mol. The van der Waals surface area contributed by atoms with E-state index < -0.39 is 5.41 Å². The molecule has 6 nitrogen and oxygen atoms in total. The Morgan fingerprint density at radius 1 is 1.19 bits per heavy atom. The summed E-state index contributed by atoms with van der Waals surface area (Å²) in [4.78, 5) is 15.2. The summed E-state index contributed by atoms with van der Waals surface area (Å²) in [7, 11) is 0. The standard InChI is InChI=1S/C19H29N3O3.2ClH/c1-15(22-7-11-25-12-8-22)16-3-2-4-17(13-16)21-18(23)19(14-20)5-9-24-10-6-19;;/h2-4,13,15H,5-12,14,20H2,1H3,(H,21,23);2*1H. The molecule has 0 aliphatic carbocycles. The number of halogens is 2. The number of morpholine rings is 1. The number of amides is 1. The number of nitrogens with two attached hydrogens (primary N) is 1. The average Bonchev–Trinajstić information content (AvgIpc) is 2.68. The Morgan fingerprint density at radius 2 is 1.81 bits per heavy atom. The van der Waals surface area contributed by atoms with Gasteiger partial charge in [0, 0.05) is 44.6 Å². The molecule has 1 aromatic carbocycles. The van der Waals surface area contributed by atoms with Gasteiger partial charge < -0.3 is 20.5 Å². The lowest BCUT2D eigenvalue weighted by molar-refractivity contribution is -0.130. The molecule has 8 heteroatoms. The zero-order valence-electron chi connectivity index (χ0n) is 15.8. The number of nitrogens with zero attached hydrogens (tertiary/aromatic N) is 1. The fraction of sp³-hybridized carbons (Fsp3) is 0.632. The Morgan fingerprint density at radius 3 is 2.44 bits per heavy atom. The monoisotopic (exact) mass is 419 g/mol. The van der Waals surface area contributed by atoms with Crippen LogP contribution in [0.2, 0.25) is 0 Å². The molecule has 2 aliphatic heterocycles. The molecule has 3 N–H and O–H groups in total. The van der Waals surface area contributed by atoms with Crippen molar-refractivity contribution in [3.8, 4) is 0 Å². The van der Waals surface area contributed by atoms with Crippen molar-refractivity contribution < 1.29 is 14.3 Å². The smallest absolute Gasteiger partial charge is 0.232 e. The van der Waals surface area contributed by atoms with Crippen molar-refractivity contribution in [2.45, 2.75) is 25.8 Å². The maximum atomic E-state index is 12.8. The number of benzene rings is 1. The normalized spacial score (nSPS) is 20.7. The van der Waals surface area contributed by atoms with E-state index in [0.717, 1.165) is 32.0 Å². The number of hydrogen-bond acceptors (Lipinski definition) is 5. The van der Waals surface area contributed by atoms with Crippen LogP contribution in [0.4, 0.5) is 5.69 Å². The molecule has 2 heterocycles. The number of carbonyl (C=O) groups excluding carboxylic acids is 1. The molecule has 3 rings (SSSR count). The maximum Gasteiger partial charge on any atom is 0.232 e. The number of ether oxygens (including phenoxy) is 2. The molecule has 0 saturated carbocycles. The van der Waals surface area contributed by atoms with Gasteiger partial charge in [0.05, 0.1) is 18.6 Å². The third-order valence-electron chi connectivity index (χ3n) is 5.54. The summed E-state index contributed by atoms with van der Waals surface area (Å²) in [6.07, 6.45) is 1.36. The summed E-state index contributed by atoms with van der Waals surface area (Å²) in [5.41, 5.74) is 7.46. The van der Waals surface area contributed by atoms with Gasteiger partial charge in [0.15, 0.2) is 0 Å². The minimum Gasteiger partial charge on any atom is -0.381 e. The van der Waals surface area contributed by atoms with E-state index in [4.69, 9.17) is 15.2 Å². The van der Waals surface area contributed by atoms with Crippen molar-refractivity contribution >= 4 is 36.4 Å². The van der Waals surface area contributed by atoms with Crippen LogP contribution in [0.1, 0.15) is 31.4 Å². The Hall–Kier alpha value is -0.890. The first-order valence-electron chi connectivity index (χ1n) is 9.16. The topological polar surface area (TPSA) is 76.8 Å². The minimum absolute atomic E-state index is 0. The van der Waals surface area contributed by atoms with Crippen LogP contribution in [0.15, 0.2) is 24.3 Å². The van der Waals surface area contributed by atoms with Crippen molar-refractivity contribution in [3.63, 3.8) is 0 Å². The molecule has 0 aromatic heterocycles. The molecule has 0 bridgehead atoms. The van der Waals surface area contributed by atoms with E-state index in [1.54, 1.807) is 0 Å². The van der Waals surface area contributed by atoms with E-state index in [1.807, 2.05) is 12.1 Å². The van der Waals surface area contributed by atoms with E-state index in [-0.39, 0.29) is 30.7 Å². The van der Waals surface area contributed by atoms with Crippen molar-refractivity contribution in [2.24, 2.45) is 11.1 Å². The van der Waals surface area contributed by atoms with Crippen molar-refractivity contribution in [2.75, 3.05) is 51.4 Å². The molecule has 1 atom stereocenters. The summed E-state index contributed by atoms with van der Waals surface area (Å²) < 4.78 is 10.8. The average molecular weight is 420 g/mol. The van der Waals surface area contributed by atoms with Crippen LogP contribution in [-0.4, -0.2) is 56.9 Å². The lowest BCUT2D eigenvalue weighted by atomic mass is 9.79. The van der Waals surface area contributed by atoms with Crippen LogP contribution in [0.5, 0.6) is 0 Å².